The minimum Gasteiger partial charge on any atom is -0.357 e. The molecule has 0 aliphatic carbocycles. The Labute approximate surface area is 170 Å². The number of rotatable bonds is 7. The summed E-state index contributed by atoms with van der Waals surface area (Å²) in [6, 6.07) is 7.96. The minimum absolute atomic E-state index is 0.298. The predicted molar refractivity (Wildman–Crippen MR) is 115 cm³/mol. The van der Waals surface area contributed by atoms with Gasteiger partial charge in [-0.2, -0.15) is 0 Å². The molecule has 0 radical (unpaired) electrons. The zero-order valence-corrected chi connectivity index (χ0v) is 18.6. The largest absolute Gasteiger partial charge is 0.357 e. The quantitative estimate of drug-likeness (QED) is 0.531. The van der Waals surface area contributed by atoms with E-state index in [0.29, 0.717) is 23.5 Å². The average Bonchev–Trinajstić information content (AvgIpc) is 2.67. The summed E-state index contributed by atoms with van der Waals surface area (Å²) in [6.07, 6.45) is 2.22. The minimum atomic E-state index is -3.39. The first-order chi connectivity index (χ1) is 13.2. The summed E-state index contributed by atoms with van der Waals surface area (Å²) in [6.45, 7) is 10.1. The third-order valence-electron chi connectivity index (χ3n) is 5.07. The van der Waals surface area contributed by atoms with Crippen molar-refractivity contribution in [2.24, 2.45) is 4.99 Å². The maximum Gasteiger partial charge on any atom is 0.242 e. The fourth-order valence-corrected chi connectivity index (χ4v) is 4.12. The molecule has 28 heavy (non-hydrogen) atoms. The van der Waals surface area contributed by atoms with Crippen LogP contribution in [0.4, 0.5) is 0 Å². The first-order valence-electron chi connectivity index (χ1n) is 10.0. The van der Waals surface area contributed by atoms with Crippen molar-refractivity contribution in [1.29, 1.82) is 0 Å². The maximum absolute atomic E-state index is 12.2. The lowest BCUT2D eigenvalue weighted by atomic mass is 10.0. The van der Waals surface area contributed by atoms with Crippen LogP contribution in [0.25, 0.3) is 0 Å². The van der Waals surface area contributed by atoms with Crippen LogP contribution in [0, 0.1) is 0 Å². The van der Waals surface area contributed by atoms with Crippen LogP contribution in [0.3, 0.4) is 0 Å². The van der Waals surface area contributed by atoms with Crippen LogP contribution >= 0.6 is 0 Å². The van der Waals surface area contributed by atoms with Crippen molar-refractivity contribution in [3.05, 3.63) is 29.8 Å². The highest BCUT2D eigenvalue weighted by molar-refractivity contribution is 7.89. The van der Waals surface area contributed by atoms with Gasteiger partial charge in [0.1, 0.15) is 0 Å². The number of sulfonamides is 1. The lowest BCUT2D eigenvalue weighted by molar-refractivity contribution is 0.167. The third kappa shape index (κ3) is 6.18. The van der Waals surface area contributed by atoms with Gasteiger partial charge in [0, 0.05) is 45.8 Å². The van der Waals surface area contributed by atoms with Gasteiger partial charge in [0.2, 0.25) is 10.0 Å². The SMILES string of the molecule is CCNC(=NCc1ccc(S(=O)(=O)N(C)C)cc1)NC1CCN(C(C)C)CC1. The molecule has 0 bridgehead atoms. The zero-order chi connectivity index (χ0) is 20.7. The van der Waals surface area contributed by atoms with Crippen molar-refractivity contribution in [3.8, 4) is 0 Å². The molecule has 0 spiro atoms. The molecular formula is C20H35N5O2S. The molecule has 1 aliphatic rings. The number of nitrogens with one attached hydrogen (secondary N) is 2. The first kappa shape index (κ1) is 22.6. The molecule has 2 rings (SSSR count). The van der Waals surface area contributed by atoms with Crippen LogP contribution < -0.4 is 10.6 Å². The molecule has 1 aromatic rings. The van der Waals surface area contributed by atoms with Crippen LogP contribution in [0.2, 0.25) is 0 Å². The Morgan fingerprint density at radius 1 is 1.21 bits per heavy atom. The van der Waals surface area contributed by atoms with Gasteiger partial charge in [-0.25, -0.2) is 17.7 Å². The van der Waals surface area contributed by atoms with Gasteiger partial charge in [0.05, 0.1) is 11.4 Å². The molecule has 1 aromatic carbocycles. The van der Waals surface area contributed by atoms with E-state index in [4.69, 9.17) is 0 Å². The van der Waals surface area contributed by atoms with Crippen molar-refractivity contribution in [3.63, 3.8) is 0 Å². The second-order valence-electron chi connectivity index (χ2n) is 7.67. The van der Waals surface area contributed by atoms with Crippen LogP contribution in [-0.4, -0.2) is 69.4 Å². The van der Waals surface area contributed by atoms with Crippen LogP contribution in [0.1, 0.15) is 39.2 Å². The molecule has 2 N–H and O–H groups in total. The highest BCUT2D eigenvalue weighted by Gasteiger charge is 2.21. The highest BCUT2D eigenvalue weighted by atomic mass is 32.2. The number of nitrogens with zero attached hydrogens (tertiary/aromatic N) is 3. The highest BCUT2D eigenvalue weighted by Crippen LogP contribution is 2.15. The van der Waals surface area contributed by atoms with Crippen molar-refractivity contribution in [2.75, 3.05) is 33.7 Å². The summed E-state index contributed by atoms with van der Waals surface area (Å²) in [4.78, 5) is 7.48. The van der Waals surface area contributed by atoms with Gasteiger partial charge in [-0.05, 0) is 51.3 Å². The Kier molecular flexibility index (Phi) is 8.27. The second kappa shape index (κ2) is 10.2. The van der Waals surface area contributed by atoms with Gasteiger partial charge in [-0.1, -0.05) is 12.1 Å². The molecule has 0 saturated carbocycles. The Hall–Kier alpha value is -1.64. The summed E-state index contributed by atoms with van der Waals surface area (Å²) in [7, 11) is -0.324. The molecule has 0 amide bonds. The molecule has 7 nitrogen and oxygen atoms in total. The van der Waals surface area contributed by atoms with E-state index in [0.717, 1.165) is 44.0 Å². The van der Waals surface area contributed by atoms with Gasteiger partial charge in [-0.3, -0.25) is 0 Å². The Bertz CT molecular complexity index is 736. The van der Waals surface area contributed by atoms with Crippen LogP contribution in [-0.2, 0) is 16.6 Å². The van der Waals surface area contributed by atoms with E-state index in [1.54, 1.807) is 12.1 Å². The van der Waals surface area contributed by atoms with Crippen molar-refractivity contribution < 1.29 is 8.42 Å². The monoisotopic (exact) mass is 409 g/mol. The topological polar surface area (TPSA) is 77.0 Å². The fourth-order valence-electron chi connectivity index (χ4n) is 3.22. The van der Waals surface area contributed by atoms with E-state index >= 15 is 0 Å². The van der Waals surface area contributed by atoms with Crippen molar-refractivity contribution in [2.45, 2.75) is 57.1 Å². The lowest BCUT2D eigenvalue weighted by Crippen LogP contribution is -2.49. The average molecular weight is 410 g/mol. The maximum atomic E-state index is 12.2. The summed E-state index contributed by atoms with van der Waals surface area (Å²) >= 11 is 0. The number of guanidine groups is 1. The Balaban J connectivity index is 1.97. The zero-order valence-electron chi connectivity index (χ0n) is 17.8. The summed E-state index contributed by atoms with van der Waals surface area (Å²) in [5.41, 5.74) is 0.976. The van der Waals surface area contributed by atoms with Gasteiger partial charge >= 0.3 is 0 Å². The summed E-state index contributed by atoms with van der Waals surface area (Å²) in [5, 5.41) is 6.85. The van der Waals surface area contributed by atoms with Gasteiger partial charge in [-0.15, -0.1) is 0 Å². The van der Waals surface area contributed by atoms with E-state index in [9.17, 15) is 8.42 Å². The number of aliphatic imine (C=N–C) groups is 1. The van der Waals surface area contributed by atoms with E-state index in [-0.39, 0.29) is 0 Å². The van der Waals surface area contributed by atoms with E-state index in [1.165, 1.54) is 18.4 Å². The predicted octanol–water partition coefficient (Wildman–Crippen LogP) is 1.86. The number of benzene rings is 1. The van der Waals surface area contributed by atoms with Crippen LogP contribution in [0.5, 0.6) is 0 Å². The molecule has 8 heteroatoms. The number of likely N-dealkylation sites (tertiary alicyclic amines) is 1. The molecule has 0 unspecified atom stereocenters. The summed E-state index contributed by atoms with van der Waals surface area (Å²) in [5.74, 6) is 0.815. The Morgan fingerprint density at radius 2 is 1.82 bits per heavy atom. The molecular weight excluding hydrogens is 374 g/mol. The lowest BCUT2D eigenvalue weighted by Gasteiger charge is -2.35. The number of hydrogen-bond acceptors (Lipinski definition) is 4. The van der Waals surface area contributed by atoms with E-state index < -0.39 is 10.0 Å². The van der Waals surface area contributed by atoms with Gasteiger partial charge in [0.25, 0.3) is 0 Å². The third-order valence-corrected chi connectivity index (χ3v) is 6.90. The van der Waals surface area contributed by atoms with Crippen molar-refractivity contribution >= 4 is 16.0 Å². The van der Waals surface area contributed by atoms with E-state index in [2.05, 4.69) is 41.3 Å². The number of piperidine rings is 1. The molecule has 158 valence electrons. The van der Waals surface area contributed by atoms with Gasteiger partial charge < -0.3 is 15.5 Å². The molecule has 1 heterocycles. The molecule has 0 atom stereocenters. The molecule has 1 saturated heterocycles. The number of hydrogen-bond donors (Lipinski definition) is 2. The molecule has 0 aromatic heterocycles. The standard InChI is InChI=1S/C20H35N5O2S/c1-6-21-20(23-18-11-13-25(14-12-18)16(2)3)22-15-17-7-9-19(10-8-17)28(26,27)24(4)5/h7-10,16,18H,6,11-15H2,1-5H3,(H2,21,22,23). The normalized spacial score (nSPS) is 17.3. The smallest absolute Gasteiger partial charge is 0.242 e. The Morgan fingerprint density at radius 3 is 2.32 bits per heavy atom. The van der Waals surface area contributed by atoms with Gasteiger partial charge in [0.15, 0.2) is 5.96 Å². The second-order valence-corrected chi connectivity index (χ2v) is 9.83. The fraction of sp³-hybridized carbons (Fsp3) is 0.650. The molecule has 1 fully saturated rings. The van der Waals surface area contributed by atoms with Crippen LogP contribution in [0.15, 0.2) is 34.2 Å². The summed E-state index contributed by atoms with van der Waals surface area (Å²) < 4.78 is 25.5. The molecule has 1 aliphatic heterocycles. The first-order valence-corrected chi connectivity index (χ1v) is 11.5. The van der Waals surface area contributed by atoms with Crippen molar-refractivity contribution in [1.82, 2.24) is 19.8 Å². The van der Waals surface area contributed by atoms with E-state index in [1.807, 2.05) is 12.1 Å².